The van der Waals surface area contributed by atoms with Crippen LogP contribution in [-0.2, 0) is 0 Å². The summed E-state index contributed by atoms with van der Waals surface area (Å²) in [5.74, 6) is 0. The van der Waals surface area contributed by atoms with Gasteiger partial charge in [0.1, 0.15) is 0 Å². The Balaban J connectivity index is 3.31. The Kier molecular flexibility index (Phi) is 5.68. The summed E-state index contributed by atoms with van der Waals surface area (Å²) in [7, 11) is 0. The Bertz CT molecular complexity index is 533. The maximum Gasteiger partial charge on any atom is 0.0107 e. The minimum absolute atomic E-state index is 0.900. The largest absolute Gasteiger partial charge is 0.129 e. The van der Waals surface area contributed by atoms with E-state index in [9.17, 15) is 0 Å². The van der Waals surface area contributed by atoms with Gasteiger partial charge in [0.15, 0.2) is 0 Å². The van der Waals surface area contributed by atoms with Crippen LogP contribution in [-0.4, -0.2) is 6.26 Å². The third kappa shape index (κ3) is 4.43. The monoisotopic (exact) mass is 272 g/mol. The van der Waals surface area contributed by atoms with E-state index >= 15 is 0 Å². The van der Waals surface area contributed by atoms with Gasteiger partial charge in [-0.1, -0.05) is 36.4 Å². The molecule has 0 fully saturated rings. The molecule has 0 atom stereocenters. The molecular formula is C18H24S. The van der Waals surface area contributed by atoms with Crippen molar-refractivity contribution in [2.45, 2.75) is 39.0 Å². The molecule has 0 unspecified atom stereocenters. The van der Waals surface area contributed by atoms with Gasteiger partial charge in [0.2, 0.25) is 0 Å². The van der Waals surface area contributed by atoms with Crippen molar-refractivity contribution in [2.24, 2.45) is 0 Å². The van der Waals surface area contributed by atoms with Crippen molar-refractivity contribution in [2.75, 3.05) is 6.26 Å². The van der Waals surface area contributed by atoms with Gasteiger partial charge in [0, 0.05) is 4.90 Å². The number of allylic oxidation sites excluding steroid dienone is 3. The standard InChI is InChI=1S/C18H24S/c1-12(2)8-16(13(3)4)11-17-9-14(5)10-18(19-7)15(17)6/h9-11H,1,3,8H2,2,4-7H3/b16-11+. The lowest BCUT2D eigenvalue weighted by atomic mass is 9.96. The fourth-order valence-corrected chi connectivity index (χ4v) is 2.78. The first-order chi connectivity index (χ1) is 8.85. The van der Waals surface area contributed by atoms with Crippen LogP contribution in [0.25, 0.3) is 6.08 Å². The third-order valence-electron chi connectivity index (χ3n) is 3.13. The average molecular weight is 272 g/mol. The molecule has 1 aromatic carbocycles. The van der Waals surface area contributed by atoms with Crippen LogP contribution in [0, 0.1) is 13.8 Å². The van der Waals surface area contributed by atoms with Gasteiger partial charge < -0.3 is 0 Å². The predicted molar refractivity (Wildman–Crippen MR) is 89.9 cm³/mol. The van der Waals surface area contributed by atoms with Crippen LogP contribution < -0.4 is 0 Å². The average Bonchev–Trinajstić information content (AvgIpc) is 2.31. The van der Waals surface area contributed by atoms with E-state index in [1.807, 2.05) is 0 Å². The molecule has 0 N–H and O–H groups in total. The summed E-state index contributed by atoms with van der Waals surface area (Å²) in [6.07, 6.45) is 5.29. The Labute approximate surface area is 122 Å². The molecule has 19 heavy (non-hydrogen) atoms. The van der Waals surface area contributed by atoms with Crippen LogP contribution in [0.5, 0.6) is 0 Å². The summed E-state index contributed by atoms with van der Waals surface area (Å²) in [6, 6.07) is 4.49. The van der Waals surface area contributed by atoms with Crippen LogP contribution in [0.1, 0.15) is 37.0 Å². The lowest BCUT2D eigenvalue weighted by Crippen LogP contribution is -1.91. The first-order valence-electron chi connectivity index (χ1n) is 6.51. The van der Waals surface area contributed by atoms with Crippen molar-refractivity contribution >= 4 is 17.8 Å². The fourth-order valence-electron chi connectivity index (χ4n) is 2.05. The van der Waals surface area contributed by atoms with Crippen LogP contribution in [0.4, 0.5) is 0 Å². The molecule has 102 valence electrons. The normalized spacial score (nSPS) is 11.5. The van der Waals surface area contributed by atoms with Gasteiger partial charge in [-0.05, 0) is 68.7 Å². The molecule has 1 aromatic rings. The SMILES string of the molecule is C=C(C)C/C(=C\c1cc(C)cc(SC)c1C)C(=C)C. The molecule has 0 aromatic heterocycles. The molecule has 0 aliphatic rings. The highest BCUT2D eigenvalue weighted by molar-refractivity contribution is 7.98. The highest BCUT2D eigenvalue weighted by atomic mass is 32.2. The number of hydrogen-bond acceptors (Lipinski definition) is 1. The maximum absolute atomic E-state index is 4.08. The zero-order valence-electron chi connectivity index (χ0n) is 12.8. The fraction of sp³-hybridized carbons (Fsp3) is 0.333. The molecule has 0 bridgehead atoms. The number of aryl methyl sites for hydroxylation is 1. The molecule has 0 saturated carbocycles. The van der Waals surface area contributed by atoms with E-state index in [1.165, 1.54) is 32.7 Å². The molecule has 1 heteroatoms. The second-order valence-corrected chi connectivity index (χ2v) is 6.11. The second kappa shape index (κ2) is 6.81. The summed E-state index contributed by atoms with van der Waals surface area (Å²) in [6.45, 7) is 16.6. The van der Waals surface area contributed by atoms with Crippen LogP contribution in [0.2, 0.25) is 0 Å². The maximum atomic E-state index is 4.08. The summed E-state index contributed by atoms with van der Waals surface area (Å²) in [4.78, 5) is 1.35. The van der Waals surface area contributed by atoms with Crippen molar-refractivity contribution < 1.29 is 0 Å². The van der Waals surface area contributed by atoms with Crippen molar-refractivity contribution in [3.63, 3.8) is 0 Å². The third-order valence-corrected chi connectivity index (χ3v) is 4.00. The predicted octanol–water partition coefficient (Wildman–Crippen LogP) is 5.95. The number of rotatable bonds is 5. The Morgan fingerprint density at radius 1 is 1.21 bits per heavy atom. The molecule has 0 heterocycles. The van der Waals surface area contributed by atoms with E-state index in [0.717, 1.165) is 12.0 Å². The van der Waals surface area contributed by atoms with Gasteiger partial charge in [-0.25, -0.2) is 0 Å². The van der Waals surface area contributed by atoms with E-state index in [0.29, 0.717) is 0 Å². The molecular weight excluding hydrogens is 248 g/mol. The van der Waals surface area contributed by atoms with Crippen LogP contribution in [0.15, 0.2) is 46.9 Å². The number of benzene rings is 1. The van der Waals surface area contributed by atoms with Gasteiger partial charge in [0.25, 0.3) is 0 Å². The lowest BCUT2D eigenvalue weighted by molar-refractivity contribution is 1.13. The Hall–Kier alpha value is -1.21. The van der Waals surface area contributed by atoms with Crippen molar-refractivity contribution in [1.82, 2.24) is 0 Å². The lowest BCUT2D eigenvalue weighted by Gasteiger charge is -2.12. The first-order valence-corrected chi connectivity index (χ1v) is 7.73. The smallest absolute Gasteiger partial charge is 0.0107 e. The van der Waals surface area contributed by atoms with Crippen LogP contribution >= 0.6 is 11.8 Å². The number of thioether (sulfide) groups is 1. The zero-order chi connectivity index (χ0) is 14.6. The van der Waals surface area contributed by atoms with Gasteiger partial charge in [0.05, 0.1) is 0 Å². The highest BCUT2D eigenvalue weighted by Gasteiger charge is 2.06. The first kappa shape index (κ1) is 15.8. The zero-order valence-corrected chi connectivity index (χ0v) is 13.6. The minimum Gasteiger partial charge on any atom is -0.129 e. The van der Waals surface area contributed by atoms with E-state index in [1.54, 1.807) is 11.8 Å². The molecule has 0 nitrogen and oxygen atoms in total. The van der Waals surface area contributed by atoms with Gasteiger partial charge in [-0.3, -0.25) is 0 Å². The van der Waals surface area contributed by atoms with Crippen molar-refractivity contribution in [3.05, 3.63) is 58.7 Å². The summed E-state index contributed by atoms with van der Waals surface area (Å²) in [5, 5.41) is 0. The van der Waals surface area contributed by atoms with E-state index in [-0.39, 0.29) is 0 Å². The minimum atomic E-state index is 0.900. The molecule has 1 rings (SSSR count). The Morgan fingerprint density at radius 3 is 2.32 bits per heavy atom. The van der Waals surface area contributed by atoms with Crippen molar-refractivity contribution in [3.8, 4) is 0 Å². The van der Waals surface area contributed by atoms with Gasteiger partial charge in [-0.15, -0.1) is 11.8 Å². The van der Waals surface area contributed by atoms with E-state index < -0.39 is 0 Å². The quantitative estimate of drug-likeness (QED) is 0.362. The topological polar surface area (TPSA) is 0 Å². The summed E-state index contributed by atoms with van der Waals surface area (Å²) in [5.41, 5.74) is 7.51. The number of hydrogen-bond donors (Lipinski definition) is 0. The highest BCUT2D eigenvalue weighted by Crippen LogP contribution is 2.28. The Morgan fingerprint density at radius 2 is 1.84 bits per heavy atom. The molecule has 0 aliphatic heterocycles. The van der Waals surface area contributed by atoms with Crippen LogP contribution in [0.3, 0.4) is 0 Å². The van der Waals surface area contributed by atoms with Gasteiger partial charge >= 0.3 is 0 Å². The molecule has 0 radical (unpaired) electrons. The van der Waals surface area contributed by atoms with E-state index in [4.69, 9.17) is 0 Å². The second-order valence-electron chi connectivity index (χ2n) is 5.27. The summed E-state index contributed by atoms with van der Waals surface area (Å²) < 4.78 is 0. The van der Waals surface area contributed by atoms with Crippen molar-refractivity contribution in [1.29, 1.82) is 0 Å². The molecule has 0 amide bonds. The molecule has 0 saturated heterocycles. The van der Waals surface area contributed by atoms with Gasteiger partial charge in [-0.2, -0.15) is 0 Å². The summed E-state index contributed by atoms with van der Waals surface area (Å²) >= 11 is 1.80. The molecule has 0 spiro atoms. The van der Waals surface area contributed by atoms with E-state index in [2.05, 4.69) is 65.3 Å². The molecule has 0 aliphatic carbocycles.